The molecular formula is C14H20N2O4S. The number of hydrogen-bond donors (Lipinski definition) is 0. The lowest BCUT2D eigenvalue weighted by Crippen LogP contribution is -2.39. The maximum Gasteiger partial charge on any atom is 0.265 e. The van der Waals surface area contributed by atoms with Crippen molar-refractivity contribution in [3.63, 3.8) is 0 Å². The van der Waals surface area contributed by atoms with Gasteiger partial charge in [0.15, 0.2) is 6.61 Å². The first-order valence-corrected chi connectivity index (χ1v) is 8.47. The van der Waals surface area contributed by atoms with Crippen molar-refractivity contribution >= 4 is 21.6 Å². The highest BCUT2D eigenvalue weighted by Gasteiger charge is 2.28. The van der Waals surface area contributed by atoms with E-state index in [4.69, 9.17) is 4.74 Å². The number of ether oxygens (including phenoxy) is 1. The molecule has 116 valence electrons. The second-order valence-electron chi connectivity index (χ2n) is 4.65. The molecule has 7 heteroatoms. The van der Waals surface area contributed by atoms with E-state index in [2.05, 4.69) is 0 Å². The third-order valence-corrected chi connectivity index (χ3v) is 5.58. The molecule has 1 amide bonds. The van der Waals surface area contributed by atoms with Gasteiger partial charge in [-0.1, -0.05) is 13.8 Å². The smallest absolute Gasteiger partial charge is 0.265 e. The average Bonchev–Trinajstić information content (AvgIpc) is 2.47. The minimum atomic E-state index is -3.54. The lowest BCUT2D eigenvalue weighted by molar-refractivity contribution is -0.121. The van der Waals surface area contributed by atoms with Crippen LogP contribution in [0.25, 0.3) is 0 Å². The number of rotatable bonds is 5. The summed E-state index contributed by atoms with van der Waals surface area (Å²) in [5.41, 5.74) is 0.516. The summed E-state index contributed by atoms with van der Waals surface area (Å²) in [6, 6.07) is 4.65. The van der Waals surface area contributed by atoms with E-state index in [9.17, 15) is 13.2 Å². The number of fused-ring (bicyclic) bond motifs is 1. The summed E-state index contributed by atoms with van der Waals surface area (Å²) in [7, 11) is -3.54. The zero-order chi connectivity index (χ0) is 15.6. The Bertz CT molecular complexity index is 638. The fourth-order valence-corrected chi connectivity index (χ4v) is 3.88. The number of hydrogen-bond acceptors (Lipinski definition) is 4. The van der Waals surface area contributed by atoms with E-state index >= 15 is 0 Å². The Balaban J connectivity index is 2.50. The van der Waals surface area contributed by atoms with Crippen molar-refractivity contribution in [3.8, 4) is 5.75 Å². The van der Waals surface area contributed by atoms with E-state index < -0.39 is 10.0 Å². The molecule has 0 radical (unpaired) electrons. The molecule has 0 saturated carbocycles. The van der Waals surface area contributed by atoms with Crippen LogP contribution in [0.2, 0.25) is 0 Å². The Morgan fingerprint density at radius 3 is 2.48 bits per heavy atom. The second-order valence-corrected chi connectivity index (χ2v) is 6.58. The molecule has 2 rings (SSSR count). The van der Waals surface area contributed by atoms with Crippen LogP contribution in [-0.4, -0.2) is 44.9 Å². The average molecular weight is 312 g/mol. The van der Waals surface area contributed by atoms with Crippen LogP contribution in [0.4, 0.5) is 5.69 Å². The van der Waals surface area contributed by atoms with Gasteiger partial charge in [-0.25, -0.2) is 8.42 Å². The van der Waals surface area contributed by atoms with Crippen molar-refractivity contribution in [2.24, 2.45) is 0 Å². The van der Waals surface area contributed by atoms with Gasteiger partial charge in [0.2, 0.25) is 10.0 Å². The predicted octanol–water partition coefficient (Wildman–Crippen LogP) is 1.46. The van der Waals surface area contributed by atoms with E-state index in [0.29, 0.717) is 31.1 Å². The van der Waals surface area contributed by atoms with E-state index in [1.165, 1.54) is 16.4 Å². The van der Waals surface area contributed by atoms with Gasteiger partial charge in [-0.2, -0.15) is 4.31 Å². The van der Waals surface area contributed by atoms with E-state index in [0.717, 1.165) is 0 Å². The highest BCUT2D eigenvalue weighted by atomic mass is 32.2. The third-order valence-electron chi connectivity index (χ3n) is 3.53. The van der Waals surface area contributed by atoms with Gasteiger partial charge >= 0.3 is 0 Å². The van der Waals surface area contributed by atoms with Gasteiger partial charge in [0.05, 0.1) is 10.6 Å². The lowest BCUT2D eigenvalue weighted by atomic mass is 10.2. The van der Waals surface area contributed by atoms with Crippen LogP contribution in [0.15, 0.2) is 23.1 Å². The van der Waals surface area contributed by atoms with Gasteiger partial charge in [-0.05, 0) is 25.1 Å². The molecule has 0 fully saturated rings. The SMILES string of the molecule is CCN1C(=O)COc2ccc(S(=O)(=O)N(CC)CC)cc21. The van der Waals surface area contributed by atoms with Crippen LogP contribution < -0.4 is 9.64 Å². The monoisotopic (exact) mass is 312 g/mol. The summed E-state index contributed by atoms with van der Waals surface area (Å²) in [6.45, 7) is 6.71. The summed E-state index contributed by atoms with van der Waals surface area (Å²) in [4.78, 5) is 13.6. The van der Waals surface area contributed by atoms with Crippen LogP contribution >= 0.6 is 0 Å². The molecule has 1 heterocycles. The Hall–Kier alpha value is -1.60. The molecule has 0 bridgehead atoms. The second kappa shape index (κ2) is 6.03. The van der Waals surface area contributed by atoms with Crippen LogP contribution in [0.3, 0.4) is 0 Å². The standard InChI is InChI=1S/C14H20N2O4S/c1-4-15(5-2)21(18,19)11-7-8-13-12(9-11)16(6-3)14(17)10-20-13/h7-9H,4-6,10H2,1-3H3. The minimum absolute atomic E-state index is 0.0109. The number of carbonyl (C=O) groups is 1. The van der Waals surface area contributed by atoms with Crippen LogP contribution in [0.5, 0.6) is 5.75 Å². The van der Waals surface area contributed by atoms with Crippen molar-refractivity contribution in [3.05, 3.63) is 18.2 Å². The number of amides is 1. The molecule has 0 N–H and O–H groups in total. The number of likely N-dealkylation sites (N-methyl/N-ethyl adjacent to an activating group) is 1. The summed E-state index contributed by atoms with van der Waals surface area (Å²) < 4.78 is 31.8. The molecule has 1 aromatic carbocycles. The number of nitrogens with zero attached hydrogens (tertiary/aromatic N) is 2. The predicted molar refractivity (Wildman–Crippen MR) is 80.1 cm³/mol. The molecule has 0 unspecified atom stereocenters. The van der Waals surface area contributed by atoms with E-state index in [1.807, 2.05) is 6.92 Å². The number of benzene rings is 1. The summed E-state index contributed by atoms with van der Waals surface area (Å²) in [5.74, 6) is 0.373. The van der Waals surface area contributed by atoms with E-state index in [-0.39, 0.29) is 17.4 Å². The first-order valence-electron chi connectivity index (χ1n) is 7.03. The minimum Gasteiger partial charge on any atom is -0.482 e. The number of carbonyl (C=O) groups excluding carboxylic acids is 1. The van der Waals surface area contributed by atoms with Crippen molar-refractivity contribution < 1.29 is 17.9 Å². The molecule has 0 spiro atoms. The van der Waals surface area contributed by atoms with E-state index in [1.54, 1.807) is 24.8 Å². The summed E-state index contributed by atoms with van der Waals surface area (Å²) in [6.07, 6.45) is 0. The molecule has 0 atom stereocenters. The highest BCUT2D eigenvalue weighted by Crippen LogP contribution is 2.34. The van der Waals surface area contributed by atoms with Crippen molar-refractivity contribution in [1.29, 1.82) is 0 Å². The van der Waals surface area contributed by atoms with Crippen molar-refractivity contribution in [1.82, 2.24) is 4.31 Å². The molecule has 21 heavy (non-hydrogen) atoms. The quantitative estimate of drug-likeness (QED) is 0.825. The normalized spacial score (nSPS) is 15.0. The third kappa shape index (κ3) is 2.75. The largest absolute Gasteiger partial charge is 0.482 e. The molecule has 6 nitrogen and oxygen atoms in total. The van der Waals surface area contributed by atoms with Gasteiger partial charge in [-0.15, -0.1) is 0 Å². The number of anilines is 1. The molecule has 0 aliphatic carbocycles. The van der Waals surface area contributed by atoms with Crippen molar-refractivity contribution in [2.75, 3.05) is 31.1 Å². The van der Waals surface area contributed by atoms with Gasteiger partial charge < -0.3 is 9.64 Å². The molecule has 0 saturated heterocycles. The van der Waals surface area contributed by atoms with Gasteiger partial charge in [0.1, 0.15) is 5.75 Å². The zero-order valence-electron chi connectivity index (χ0n) is 12.5. The zero-order valence-corrected chi connectivity index (χ0v) is 13.3. The Morgan fingerprint density at radius 1 is 1.24 bits per heavy atom. The lowest BCUT2D eigenvalue weighted by Gasteiger charge is -2.29. The fraction of sp³-hybridized carbons (Fsp3) is 0.500. The molecule has 1 aliphatic heterocycles. The molecular weight excluding hydrogens is 292 g/mol. The number of sulfonamides is 1. The summed E-state index contributed by atoms with van der Waals surface area (Å²) in [5, 5.41) is 0. The van der Waals surface area contributed by atoms with Gasteiger partial charge in [-0.3, -0.25) is 4.79 Å². The van der Waals surface area contributed by atoms with Crippen LogP contribution in [-0.2, 0) is 14.8 Å². The Morgan fingerprint density at radius 2 is 1.90 bits per heavy atom. The summed E-state index contributed by atoms with van der Waals surface area (Å²) >= 11 is 0. The first-order chi connectivity index (χ1) is 9.95. The fourth-order valence-electron chi connectivity index (χ4n) is 2.40. The van der Waals surface area contributed by atoms with Crippen molar-refractivity contribution in [2.45, 2.75) is 25.7 Å². The highest BCUT2D eigenvalue weighted by molar-refractivity contribution is 7.89. The van der Waals surface area contributed by atoms with Crippen LogP contribution in [0, 0.1) is 0 Å². The van der Waals surface area contributed by atoms with Gasteiger partial charge in [0.25, 0.3) is 5.91 Å². The Kier molecular flexibility index (Phi) is 4.53. The molecule has 1 aliphatic rings. The van der Waals surface area contributed by atoms with Crippen LogP contribution in [0.1, 0.15) is 20.8 Å². The topological polar surface area (TPSA) is 66.9 Å². The molecule has 1 aromatic rings. The maximum absolute atomic E-state index is 12.5. The first kappa shape index (κ1) is 15.8. The van der Waals surface area contributed by atoms with Gasteiger partial charge in [0, 0.05) is 19.6 Å². The molecule has 0 aromatic heterocycles. The Labute approximate surface area is 125 Å². The maximum atomic E-state index is 12.5.